The van der Waals surface area contributed by atoms with E-state index >= 15 is 0 Å². The molecule has 0 spiro atoms. The summed E-state index contributed by atoms with van der Waals surface area (Å²) in [5, 5.41) is 11.2. The van der Waals surface area contributed by atoms with Crippen molar-refractivity contribution in [2.45, 2.75) is 33.7 Å². The molecular formula is C18H17NO5. The van der Waals surface area contributed by atoms with Gasteiger partial charge in [0.1, 0.15) is 12.2 Å². The van der Waals surface area contributed by atoms with E-state index in [0.29, 0.717) is 18.8 Å². The summed E-state index contributed by atoms with van der Waals surface area (Å²) in [7, 11) is 0. The van der Waals surface area contributed by atoms with E-state index in [4.69, 9.17) is 9.47 Å². The predicted octanol–water partition coefficient (Wildman–Crippen LogP) is 3.60. The zero-order valence-corrected chi connectivity index (χ0v) is 13.5. The third-order valence-electron chi connectivity index (χ3n) is 4.27. The lowest BCUT2D eigenvalue weighted by Crippen LogP contribution is -2.11. The van der Waals surface area contributed by atoms with Gasteiger partial charge in [0.25, 0.3) is 5.69 Å². The van der Waals surface area contributed by atoms with Gasteiger partial charge in [-0.2, -0.15) is 0 Å². The third-order valence-corrected chi connectivity index (χ3v) is 4.27. The second-order valence-corrected chi connectivity index (χ2v) is 5.83. The van der Waals surface area contributed by atoms with Crippen molar-refractivity contribution in [3.8, 4) is 0 Å². The van der Waals surface area contributed by atoms with Gasteiger partial charge >= 0.3 is 5.97 Å². The molecule has 1 aliphatic heterocycles. The number of esters is 1. The summed E-state index contributed by atoms with van der Waals surface area (Å²) in [5.74, 6) is -0.681. The van der Waals surface area contributed by atoms with Gasteiger partial charge in [-0.1, -0.05) is 18.2 Å². The summed E-state index contributed by atoms with van der Waals surface area (Å²) >= 11 is 0. The number of hydrogen-bond donors (Lipinski definition) is 0. The molecule has 0 aromatic heterocycles. The Morgan fingerprint density at radius 3 is 2.71 bits per heavy atom. The molecule has 0 amide bonds. The molecule has 2 aromatic rings. The smallest absolute Gasteiger partial charge is 0.345 e. The Kier molecular flexibility index (Phi) is 4.31. The third kappa shape index (κ3) is 3.00. The number of rotatable bonds is 4. The van der Waals surface area contributed by atoms with Crippen LogP contribution in [-0.4, -0.2) is 10.9 Å². The van der Waals surface area contributed by atoms with Crippen molar-refractivity contribution in [1.29, 1.82) is 0 Å². The molecule has 6 heteroatoms. The van der Waals surface area contributed by atoms with E-state index in [1.165, 1.54) is 6.07 Å². The molecule has 1 heterocycles. The number of benzene rings is 2. The van der Waals surface area contributed by atoms with Crippen molar-refractivity contribution in [3.63, 3.8) is 0 Å². The molecule has 3 rings (SSSR count). The lowest BCUT2D eigenvalue weighted by atomic mass is 10.0. The van der Waals surface area contributed by atoms with Crippen molar-refractivity contribution in [2.24, 2.45) is 0 Å². The summed E-state index contributed by atoms with van der Waals surface area (Å²) in [6.45, 7) is 4.71. The van der Waals surface area contributed by atoms with Crippen molar-refractivity contribution in [2.75, 3.05) is 0 Å². The molecule has 124 valence electrons. The van der Waals surface area contributed by atoms with Gasteiger partial charge in [-0.05, 0) is 47.7 Å². The number of carbonyl (C=O) groups excluding carboxylic acids is 1. The van der Waals surface area contributed by atoms with Crippen LogP contribution in [0, 0.1) is 24.0 Å². The average molecular weight is 327 g/mol. The highest BCUT2D eigenvalue weighted by Gasteiger charge is 2.25. The number of fused-ring (bicyclic) bond motifs is 1. The lowest BCUT2D eigenvalue weighted by molar-refractivity contribution is -0.385. The van der Waals surface area contributed by atoms with Gasteiger partial charge in [-0.25, -0.2) is 4.79 Å². The molecule has 0 radical (unpaired) electrons. The molecule has 0 saturated carbocycles. The summed E-state index contributed by atoms with van der Waals surface area (Å²) in [4.78, 5) is 23.0. The minimum absolute atomic E-state index is 0.0180. The number of nitro benzene ring substituents is 1. The summed E-state index contributed by atoms with van der Waals surface area (Å²) in [6.07, 6.45) is 0. The first-order chi connectivity index (χ1) is 11.5. The summed E-state index contributed by atoms with van der Waals surface area (Å²) in [6, 6.07) is 8.73. The summed E-state index contributed by atoms with van der Waals surface area (Å²) < 4.78 is 10.7. The number of hydrogen-bond acceptors (Lipinski definition) is 5. The molecule has 24 heavy (non-hydrogen) atoms. The van der Waals surface area contributed by atoms with Crippen LogP contribution < -0.4 is 0 Å². The SMILES string of the molecule is Cc1ccc([N+](=O)[O-])c(C(=O)OCc2ccc3c(c2)COC3)c1C. The van der Waals surface area contributed by atoms with Gasteiger partial charge in [0.05, 0.1) is 18.1 Å². The second-order valence-electron chi connectivity index (χ2n) is 5.83. The fraction of sp³-hybridized carbons (Fsp3) is 0.278. The maximum atomic E-state index is 12.4. The van der Waals surface area contributed by atoms with Gasteiger partial charge in [-0.3, -0.25) is 10.1 Å². The Bertz CT molecular complexity index is 828. The van der Waals surface area contributed by atoms with Crippen LogP contribution in [-0.2, 0) is 29.3 Å². The quantitative estimate of drug-likeness (QED) is 0.487. The standard InChI is InChI=1S/C18H17NO5/c1-11-3-6-16(19(21)22)17(12(11)2)18(20)24-8-13-4-5-14-9-23-10-15(14)7-13/h3-7H,8-10H2,1-2H3. The zero-order chi connectivity index (χ0) is 17.3. The molecule has 0 saturated heterocycles. The van der Waals surface area contributed by atoms with Gasteiger partial charge in [-0.15, -0.1) is 0 Å². The van der Waals surface area contributed by atoms with Gasteiger partial charge in [0.15, 0.2) is 0 Å². The van der Waals surface area contributed by atoms with E-state index in [1.54, 1.807) is 19.9 Å². The minimum atomic E-state index is -0.681. The first-order valence-corrected chi connectivity index (χ1v) is 7.57. The Morgan fingerprint density at radius 1 is 1.21 bits per heavy atom. The summed E-state index contributed by atoms with van der Waals surface area (Å²) in [5.41, 5.74) is 4.21. The largest absolute Gasteiger partial charge is 0.457 e. The van der Waals surface area contributed by atoms with Gasteiger partial charge in [0, 0.05) is 6.07 Å². The van der Waals surface area contributed by atoms with E-state index in [9.17, 15) is 14.9 Å². The van der Waals surface area contributed by atoms with Crippen LogP contribution >= 0.6 is 0 Å². The number of aryl methyl sites for hydroxylation is 1. The Labute approximate surface area is 139 Å². The van der Waals surface area contributed by atoms with Gasteiger partial charge in [0.2, 0.25) is 0 Å². The number of nitro groups is 1. The maximum Gasteiger partial charge on any atom is 0.345 e. The van der Waals surface area contributed by atoms with Crippen LogP contribution in [0.2, 0.25) is 0 Å². The monoisotopic (exact) mass is 327 g/mol. The number of carbonyl (C=O) groups is 1. The Balaban J connectivity index is 1.80. The highest BCUT2D eigenvalue weighted by Crippen LogP contribution is 2.26. The van der Waals surface area contributed by atoms with Crippen molar-refractivity contribution < 1.29 is 19.2 Å². The fourth-order valence-corrected chi connectivity index (χ4v) is 2.75. The van der Waals surface area contributed by atoms with Crippen molar-refractivity contribution in [3.05, 3.63) is 73.8 Å². The van der Waals surface area contributed by atoms with E-state index in [1.807, 2.05) is 18.2 Å². The van der Waals surface area contributed by atoms with Crippen LogP contribution in [0.15, 0.2) is 30.3 Å². The van der Waals surface area contributed by atoms with Crippen molar-refractivity contribution >= 4 is 11.7 Å². The normalized spacial score (nSPS) is 12.8. The van der Waals surface area contributed by atoms with Gasteiger partial charge < -0.3 is 9.47 Å². The van der Waals surface area contributed by atoms with Crippen LogP contribution in [0.4, 0.5) is 5.69 Å². The first kappa shape index (κ1) is 16.1. The fourth-order valence-electron chi connectivity index (χ4n) is 2.75. The van der Waals surface area contributed by atoms with Crippen LogP contribution in [0.3, 0.4) is 0 Å². The number of ether oxygens (including phenoxy) is 2. The molecule has 1 aliphatic rings. The lowest BCUT2D eigenvalue weighted by Gasteiger charge is -2.10. The maximum absolute atomic E-state index is 12.4. The zero-order valence-electron chi connectivity index (χ0n) is 13.5. The topological polar surface area (TPSA) is 78.7 Å². The van der Waals surface area contributed by atoms with Crippen molar-refractivity contribution in [1.82, 2.24) is 0 Å². The van der Waals surface area contributed by atoms with Crippen LogP contribution in [0.1, 0.15) is 38.2 Å². The average Bonchev–Trinajstić information content (AvgIpc) is 3.02. The number of nitrogens with zero attached hydrogens (tertiary/aromatic N) is 1. The highest BCUT2D eigenvalue weighted by atomic mass is 16.6. The Morgan fingerprint density at radius 2 is 1.96 bits per heavy atom. The van der Waals surface area contributed by atoms with E-state index in [0.717, 1.165) is 22.3 Å². The predicted molar refractivity (Wildman–Crippen MR) is 86.6 cm³/mol. The molecular weight excluding hydrogens is 310 g/mol. The van der Waals surface area contributed by atoms with Crippen LogP contribution in [0.25, 0.3) is 0 Å². The Hall–Kier alpha value is -2.73. The molecule has 0 atom stereocenters. The molecule has 6 nitrogen and oxygen atoms in total. The molecule has 0 fully saturated rings. The second kappa shape index (κ2) is 6.41. The highest BCUT2D eigenvalue weighted by molar-refractivity contribution is 5.95. The van der Waals surface area contributed by atoms with E-state index < -0.39 is 10.9 Å². The molecule has 0 unspecified atom stereocenters. The van der Waals surface area contributed by atoms with E-state index in [-0.39, 0.29) is 17.9 Å². The van der Waals surface area contributed by atoms with Crippen LogP contribution in [0.5, 0.6) is 0 Å². The van der Waals surface area contributed by atoms with E-state index in [2.05, 4.69) is 0 Å². The molecule has 0 N–H and O–H groups in total. The molecule has 0 aliphatic carbocycles. The molecule has 2 aromatic carbocycles. The first-order valence-electron chi connectivity index (χ1n) is 7.57. The molecule has 0 bridgehead atoms. The minimum Gasteiger partial charge on any atom is -0.457 e.